The number of benzene rings is 2. The molecule has 4 nitrogen and oxygen atoms in total. The summed E-state index contributed by atoms with van der Waals surface area (Å²) in [6.45, 7) is 1.55. The highest BCUT2D eigenvalue weighted by molar-refractivity contribution is 8.15. The molecule has 7 heteroatoms. The van der Waals surface area contributed by atoms with Crippen molar-refractivity contribution in [3.05, 3.63) is 65.2 Å². The average molecular weight is 376 g/mol. The first-order valence-corrected chi connectivity index (χ1v) is 9.17. The van der Waals surface area contributed by atoms with Crippen molar-refractivity contribution in [3.8, 4) is 5.75 Å². The molecule has 0 fully saturated rings. The van der Waals surface area contributed by atoms with Crippen LogP contribution in [-0.2, 0) is 9.61 Å². The molecule has 2 aliphatic rings. The molecule has 2 aromatic rings. The molecule has 2 aromatic carbocycles. The van der Waals surface area contributed by atoms with Crippen LogP contribution in [0.2, 0.25) is 0 Å². The van der Waals surface area contributed by atoms with Gasteiger partial charge >= 0.3 is 0 Å². The van der Waals surface area contributed by atoms with Crippen molar-refractivity contribution in [2.75, 3.05) is 26.9 Å². The number of methoxy groups -OCH3 is 1. The minimum Gasteiger partial charge on any atom is -0.493 e. The van der Waals surface area contributed by atoms with E-state index >= 15 is 0 Å². The second kappa shape index (κ2) is 6.89. The number of para-hydroxylation sites is 1. The third-order valence-electron chi connectivity index (χ3n) is 4.57. The molecule has 0 N–H and O–H groups in total. The molecule has 0 radical (unpaired) electrons. The molecule has 0 saturated heterocycles. The first-order valence-electron chi connectivity index (χ1n) is 8.36. The van der Waals surface area contributed by atoms with Crippen molar-refractivity contribution in [1.29, 1.82) is 0 Å². The number of fused-ring (bicyclic) bond motifs is 2. The van der Waals surface area contributed by atoms with Crippen LogP contribution in [0.15, 0.2) is 47.6 Å². The maximum Gasteiger partial charge on any atom is 0.141 e. The molecule has 2 heterocycles. The van der Waals surface area contributed by atoms with Crippen LogP contribution in [0.5, 0.6) is 5.75 Å². The Morgan fingerprint density at radius 2 is 2.12 bits per heavy atom. The molecule has 2 aliphatic heterocycles. The second-order valence-corrected chi connectivity index (χ2v) is 7.39. The highest BCUT2D eigenvalue weighted by atomic mass is 32.2. The molecule has 1 atom stereocenters. The third-order valence-corrected chi connectivity index (χ3v) is 6.03. The summed E-state index contributed by atoms with van der Waals surface area (Å²) in [7, 11) is 1.63. The van der Waals surface area contributed by atoms with E-state index in [1.807, 2.05) is 29.3 Å². The zero-order valence-corrected chi connectivity index (χ0v) is 15.1. The van der Waals surface area contributed by atoms with Crippen molar-refractivity contribution in [3.63, 3.8) is 0 Å². The highest BCUT2D eigenvalue weighted by Crippen LogP contribution is 2.53. The van der Waals surface area contributed by atoms with E-state index in [4.69, 9.17) is 9.47 Å². The Morgan fingerprint density at radius 3 is 2.96 bits per heavy atom. The van der Waals surface area contributed by atoms with Crippen LogP contribution in [0, 0.1) is 11.6 Å². The van der Waals surface area contributed by atoms with Gasteiger partial charge in [0.15, 0.2) is 0 Å². The zero-order chi connectivity index (χ0) is 18.1. The van der Waals surface area contributed by atoms with Gasteiger partial charge in [-0.1, -0.05) is 30.0 Å². The van der Waals surface area contributed by atoms with Gasteiger partial charge in [0.25, 0.3) is 0 Å². The summed E-state index contributed by atoms with van der Waals surface area (Å²) >= 11 is 1.44. The molecule has 1 unspecified atom stereocenters. The quantitative estimate of drug-likeness (QED) is 0.809. The van der Waals surface area contributed by atoms with E-state index in [0.717, 1.165) is 23.4 Å². The predicted octanol–water partition coefficient (Wildman–Crippen LogP) is 3.96. The summed E-state index contributed by atoms with van der Waals surface area (Å²) in [5.41, 5.74) is 1.17. The van der Waals surface area contributed by atoms with Crippen molar-refractivity contribution in [2.45, 2.75) is 11.3 Å². The van der Waals surface area contributed by atoms with E-state index in [1.54, 1.807) is 7.11 Å². The number of hydrazone groups is 1. The van der Waals surface area contributed by atoms with Gasteiger partial charge in [-0.15, -0.1) is 0 Å². The van der Waals surface area contributed by atoms with Crippen LogP contribution in [0.3, 0.4) is 0 Å². The fraction of sp³-hybridized carbons (Fsp3) is 0.316. The standard InChI is InChI=1S/C19H18F2N2O2S/c1-24-11-9-23-19(8-10-25-17-5-3-2-4-15(17)19)26-18(22-23)14-12-13(20)6-7-16(14)21/h2-7,12H,8-11H2,1H3. The maximum absolute atomic E-state index is 14.3. The lowest BCUT2D eigenvalue weighted by Gasteiger charge is -2.40. The highest BCUT2D eigenvalue weighted by Gasteiger charge is 2.49. The van der Waals surface area contributed by atoms with E-state index in [2.05, 4.69) is 5.10 Å². The van der Waals surface area contributed by atoms with Gasteiger partial charge in [0, 0.05) is 24.7 Å². The summed E-state index contributed by atoms with van der Waals surface area (Å²) in [4.78, 5) is -0.512. The van der Waals surface area contributed by atoms with E-state index in [-0.39, 0.29) is 5.56 Å². The minimum atomic E-state index is -0.512. The normalized spacial score (nSPS) is 21.5. The summed E-state index contributed by atoms with van der Waals surface area (Å²) in [6, 6.07) is 11.2. The third kappa shape index (κ3) is 2.85. The van der Waals surface area contributed by atoms with Gasteiger partial charge in [0.2, 0.25) is 0 Å². The smallest absolute Gasteiger partial charge is 0.141 e. The minimum absolute atomic E-state index is 0.179. The summed E-state index contributed by atoms with van der Waals surface area (Å²) in [5.74, 6) is -0.173. The molecule has 136 valence electrons. The van der Waals surface area contributed by atoms with Gasteiger partial charge in [0.05, 0.1) is 19.8 Å². The van der Waals surface area contributed by atoms with Crippen LogP contribution in [0.4, 0.5) is 8.78 Å². The number of halogens is 2. The second-order valence-electron chi connectivity index (χ2n) is 6.13. The Morgan fingerprint density at radius 1 is 1.27 bits per heavy atom. The summed E-state index contributed by atoms with van der Waals surface area (Å²) in [5, 5.41) is 7.03. The fourth-order valence-corrected chi connectivity index (χ4v) is 4.75. The lowest BCUT2D eigenvalue weighted by atomic mass is 9.99. The Kier molecular flexibility index (Phi) is 4.58. The number of ether oxygens (including phenoxy) is 2. The molecule has 0 aliphatic carbocycles. The Labute approximate surface area is 154 Å². The van der Waals surface area contributed by atoms with Gasteiger partial charge in [-0.05, 0) is 24.3 Å². The van der Waals surface area contributed by atoms with Crippen molar-refractivity contribution >= 4 is 16.8 Å². The van der Waals surface area contributed by atoms with Gasteiger partial charge in [-0.3, -0.25) is 5.01 Å². The molecule has 0 saturated carbocycles. The molecule has 1 spiro atoms. The van der Waals surface area contributed by atoms with Gasteiger partial charge < -0.3 is 9.47 Å². The van der Waals surface area contributed by atoms with Crippen LogP contribution in [0.25, 0.3) is 0 Å². The Balaban J connectivity index is 1.79. The van der Waals surface area contributed by atoms with Gasteiger partial charge in [-0.2, -0.15) is 5.10 Å². The topological polar surface area (TPSA) is 34.1 Å². The van der Waals surface area contributed by atoms with Crippen LogP contribution < -0.4 is 4.74 Å². The molecule has 0 amide bonds. The number of nitrogens with zero attached hydrogens (tertiary/aromatic N) is 2. The van der Waals surface area contributed by atoms with E-state index in [9.17, 15) is 8.78 Å². The molecule has 26 heavy (non-hydrogen) atoms. The molecular formula is C19H18F2N2O2S. The molecule has 0 bridgehead atoms. The Hall–Kier alpha value is -2.12. The van der Waals surface area contributed by atoms with Gasteiger partial charge in [-0.25, -0.2) is 8.78 Å². The SMILES string of the molecule is COCCN1N=C(c2cc(F)ccc2F)SC12CCOc1ccccc12. The zero-order valence-electron chi connectivity index (χ0n) is 14.2. The lowest BCUT2D eigenvalue weighted by Crippen LogP contribution is -2.42. The number of thioether (sulfide) groups is 1. The van der Waals surface area contributed by atoms with Crippen LogP contribution in [0.1, 0.15) is 17.5 Å². The summed E-state index contributed by atoms with van der Waals surface area (Å²) < 4.78 is 39.0. The largest absolute Gasteiger partial charge is 0.493 e. The van der Waals surface area contributed by atoms with Crippen LogP contribution in [-0.4, -0.2) is 36.9 Å². The van der Waals surface area contributed by atoms with Gasteiger partial charge in [0.1, 0.15) is 27.3 Å². The molecule has 4 rings (SSSR count). The van der Waals surface area contributed by atoms with Crippen LogP contribution >= 0.6 is 11.8 Å². The van der Waals surface area contributed by atoms with E-state index in [0.29, 0.717) is 31.2 Å². The number of hydrogen-bond donors (Lipinski definition) is 0. The predicted molar refractivity (Wildman–Crippen MR) is 97.3 cm³/mol. The molecule has 0 aromatic heterocycles. The maximum atomic E-state index is 14.3. The summed E-state index contributed by atoms with van der Waals surface area (Å²) in [6.07, 6.45) is 0.683. The monoisotopic (exact) mass is 376 g/mol. The first kappa shape index (κ1) is 17.3. The Bertz CT molecular complexity index is 861. The van der Waals surface area contributed by atoms with Crippen molar-refractivity contribution in [1.82, 2.24) is 5.01 Å². The first-order chi connectivity index (χ1) is 12.6. The van der Waals surface area contributed by atoms with Crippen molar-refractivity contribution < 1.29 is 18.3 Å². The van der Waals surface area contributed by atoms with E-state index in [1.165, 1.54) is 17.8 Å². The lowest BCUT2D eigenvalue weighted by molar-refractivity contribution is 0.0853. The average Bonchev–Trinajstić information content (AvgIpc) is 3.01. The van der Waals surface area contributed by atoms with E-state index < -0.39 is 16.5 Å². The number of rotatable bonds is 4. The van der Waals surface area contributed by atoms with Crippen molar-refractivity contribution in [2.24, 2.45) is 5.10 Å². The fourth-order valence-electron chi connectivity index (χ4n) is 3.33. The number of hydrogen-bond acceptors (Lipinski definition) is 5. The molecular weight excluding hydrogens is 358 g/mol.